The molecule has 0 radical (unpaired) electrons. The van der Waals surface area contributed by atoms with Gasteiger partial charge in [0, 0.05) is 40.6 Å². The number of benzene rings is 5. The molecule has 7 rings (SSSR count). The number of ketones is 1. The standard InChI is InChI=1S/C38H32N2O3/c1-37(2)32-17-22(18-36(41)23-6-11-27(12-7-23)40(42)43)5-13-28(32)29-14-8-24(19-33(29)37)25-9-15-30-31-16-10-26(39)21-35(31)38(3,4)34(30)20-25/h5-17,19-21H,18,39H2,1-4H3. The molecule has 2 aliphatic rings. The first kappa shape index (κ1) is 26.8. The molecule has 0 saturated heterocycles. The summed E-state index contributed by atoms with van der Waals surface area (Å²) in [6.45, 7) is 9.03. The first-order valence-electron chi connectivity index (χ1n) is 14.6. The second kappa shape index (κ2) is 9.23. The maximum atomic E-state index is 13.0. The largest absolute Gasteiger partial charge is 0.399 e. The SMILES string of the molecule is CC1(C)c2cc(N)ccc2-c2ccc(-c3ccc4c(c3)C(C)(C)c3cc(CC(=O)c5ccc([N+](=O)[O-])cc5)ccc3-4)cc21. The fraction of sp³-hybridized carbons (Fsp3) is 0.184. The van der Waals surface area contributed by atoms with Crippen molar-refractivity contribution in [3.05, 3.63) is 141 Å². The lowest BCUT2D eigenvalue weighted by atomic mass is 9.80. The normalized spacial score (nSPS) is 14.9. The number of nitrogen functional groups attached to an aromatic ring is 1. The molecule has 2 N–H and O–H groups in total. The Morgan fingerprint density at radius 3 is 1.65 bits per heavy atom. The van der Waals surface area contributed by atoms with Crippen LogP contribution in [0.1, 0.15) is 65.9 Å². The zero-order chi connectivity index (χ0) is 30.3. The molecule has 2 aliphatic carbocycles. The maximum Gasteiger partial charge on any atom is 0.269 e. The molecule has 0 saturated carbocycles. The monoisotopic (exact) mass is 564 g/mol. The smallest absolute Gasteiger partial charge is 0.269 e. The fourth-order valence-corrected chi connectivity index (χ4v) is 7.07. The van der Waals surface area contributed by atoms with Crippen LogP contribution in [0.5, 0.6) is 0 Å². The Morgan fingerprint density at radius 1 is 0.651 bits per heavy atom. The molecular formula is C38H32N2O3. The molecule has 0 atom stereocenters. The molecule has 0 aliphatic heterocycles. The van der Waals surface area contributed by atoms with Crippen LogP contribution in [0, 0.1) is 10.1 Å². The minimum Gasteiger partial charge on any atom is -0.399 e. The molecular weight excluding hydrogens is 532 g/mol. The number of hydrogen-bond donors (Lipinski definition) is 1. The third-order valence-corrected chi connectivity index (χ3v) is 9.54. The minimum absolute atomic E-state index is 0.0214. The third-order valence-electron chi connectivity index (χ3n) is 9.54. The molecule has 5 nitrogen and oxygen atoms in total. The van der Waals surface area contributed by atoms with Crippen LogP contribution in [0.15, 0.2) is 97.1 Å². The van der Waals surface area contributed by atoms with Crippen molar-refractivity contribution in [2.45, 2.75) is 44.9 Å². The summed E-state index contributed by atoms with van der Waals surface area (Å²) < 4.78 is 0. The average molecular weight is 565 g/mol. The van der Waals surface area contributed by atoms with Gasteiger partial charge >= 0.3 is 0 Å². The van der Waals surface area contributed by atoms with Crippen LogP contribution in [-0.2, 0) is 17.3 Å². The maximum absolute atomic E-state index is 13.0. The van der Waals surface area contributed by atoms with Gasteiger partial charge in [-0.25, -0.2) is 0 Å². The molecule has 0 bridgehead atoms. The minimum atomic E-state index is -0.458. The summed E-state index contributed by atoms with van der Waals surface area (Å²) in [4.78, 5) is 23.5. The van der Waals surface area contributed by atoms with Crippen LogP contribution >= 0.6 is 0 Å². The number of fused-ring (bicyclic) bond motifs is 6. The van der Waals surface area contributed by atoms with Crippen molar-refractivity contribution in [1.29, 1.82) is 0 Å². The topological polar surface area (TPSA) is 86.2 Å². The van der Waals surface area contributed by atoms with Crippen LogP contribution in [-0.4, -0.2) is 10.7 Å². The zero-order valence-electron chi connectivity index (χ0n) is 24.7. The van der Waals surface area contributed by atoms with Crippen LogP contribution in [0.4, 0.5) is 11.4 Å². The van der Waals surface area contributed by atoms with Crippen molar-refractivity contribution >= 4 is 17.2 Å². The number of rotatable bonds is 5. The predicted molar refractivity (Wildman–Crippen MR) is 173 cm³/mol. The van der Waals surface area contributed by atoms with Crippen molar-refractivity contribution in [1.82, 2.24) is 0 Å². The van der Waals surface area contributed by atoms with Gasteiger partial charge in [-0.3, -0.25) is 14.9 Å². The molecule has 0 heterocycles. The first-order valence-corrected chi connectivity index (χ1v) is 14.6. The summed E-state index contributed by atoms with van der Waals surface area (Å²) in [6, 6.07) is 31.9. The zero-order valence-corrected chi connectivity index (χ0v) is 24.7. The Bertz CT molecular complexity index is 2000. The predicted octanol–water partition coefficient (Wildman–Crippen LogP) is 8.88. The number of nitro benzene ring substituents is 1. The van der Waals surface area contributed by atoms with Crippen LogP contribution in [0.25, 0.3) is 33.4 Å². The summed E-state index contributed by atoms with van der Waals surface area (Å²) in [5.41, 5.74) is 20.4. The molecule has 0 unspecified atom stereocenters. The molecule has 5 aromatic rings. The van der Waals surface area contributed by atoms with E-state index in [4.69, 9.17) is 5.73 Å². The van der Waals surface area contributed by atoms with Crippen LogP contribution < -0.4 is 5.73 Å². The summed E-state index contributed by atoms with van der Waals surface area (Å²) in [6.07, 6.45) is 0.238. The van der Waals surface area contributed by atoms with Gasteiger partial charge in [0.25, 0.3) is 5.69 Å². The van der Waals surface area contributed by atoms with Crippen molar-refractivity contribution in [2.24, 2.45) is 0 Å². The van der Waals surface area contributed by atoms with E-state index in [9.17, 15) is 14.9 Å². The molecule has 0 spiro atoms. The average Bonchev–Trinajstić information content (AvgIpc) is 3.35. The highest BCUT2D eigenvalue weighted by atomic mass is 16.6. The number of carbonyl (C=O) groups excluding carboxylic acids is 1. The van der Waals surface area contributed by atoms with Crippen LogP contribution in [0.3, 0.4) is 0 Å². The van der Waals surface area contributed by atoms with E-state index in [-0.39, 0.29) is 28.7 Å². The Kier molecular flexibility index (Phi) is 5.76. The molecule has 5 aromatic carbocycles. The number of nitro groups is 1. The van der Waals surface area contributed by atoms with Gasteiger partial charge in [0.15, 0.2) is 5.78 Å². The molecule has 0 aromatic heterocycles. The lowest BCUT2D eigenvalue weighted by Crippen LogP contribution is -2.16. The quantitative estimate of drug-likeness (QED) is 0.0999. The number of hydrogen-bond acceptors (Lipinski definition) is 4. The van der Waals surface area contributed by atoms with Crippen molar-refractivity contribution < 1.29 is 9.72 Å². The number of Topliss-reactive ketones (excluding diaryl/α,β-unsaturated/α-hetero) is 1. The summed E-state index contributed by atoms with van der Waals surface area (Å²) >= 11 is 0. The second-order valence-electron chi connectivity index (χ2n) is 12.9. The van der Waals surface area contributed by atoms with Gasteiger partial charge in [0.2, 0.25) is 0 Å². The van der Waals surface area contributed by atoms with Crippen LogP contribution in [0.2, 0.25) is 0 Å². The van der Waals surface area contributed by atoms with Gasteiger partial charge in [-0.15, -0.1) is 0 Å². The second-order valence-corrected chi connectivity index (χ2v) is 12.9. The molecule has 212 valence electrons. The van der Waals surface area contributed by atoms with E-state index in [1.54, 1.807) is 0 Å². The summed E-state index contributed by atoms with van der Waals surface area (Å²) in [7, 11) is 0. The van der Waals surface area contributed by atoms with E-state index in [0.29, 0.717) is 5.56 Å². The van der Waals surface area contributed by atoms with Gasteiger partial charge in [0.05, 0.1) is 4.92 Å². The van der Waals surface area contributed by atoms with E-state index in [1.165, 1.54) is 79.9 Å². The first-order chi connectivity index (χ1) is 20.4. The number of nitrogens with zero attached hydrogens (tertiary/aromatic N) is 1. The molecule has 0 amide bonds. The summed E-state index contributed by atoms with van der Waals surface area (Å²) in [5, 5.41) is 11.0. The van der Waals surface area contributed by atoms with Gasteiger partial charge in [-0.2, -0.15) is 0 Å². The number of nitrogens with two attached hydrogens (primary N) is 1. The van der Waals surface area contributed by atoms with Crippen molar-refractivity contribution in [3.8, 4) is 33.4 Å². The lowest BCUT2D eigenvalue weighted by Gasteiger charge is -2.23. The molecule has 43 heavy (non-hydrogen) atoms. The van der Waals surface area contributed by atoms with Gasteiger partial charge in [-0.1, -0.05) is 76.2 Å². The number of anilines is 1. The Morgan fingerprint density at radius 2 is 1.12 bits per heavy atom. The Hall–Kier alpha value is -5.03. The van der Waals surface area contributed by atoms with Gasteiger partial charge < -0.3 is 5.73 Å². The summed E-state index contributed by atoms with van der Waals surface area (Å²) in [5.74, 6) is -0.0603. The fourth-order valence-electron chi connectivity index (χ4n) is 7.07. The van der Waals surface area contributed by atoms with Crippen molar-refractivity contribution in [3.63, 3.8) is 0 Å². The van der Waals surface area contributed by atoms with E-state index < -0.39 is 4.92 Å². The Balaban J connectivity index is 1.20. The Labute approximate surface area is 251 Å². The lowest BCUT2D eigenvalue weighted by molar-refractivity contribution is -0.384. The number of non-ortho nitro benzene ring substituents is 1. The van der Waals surface area contributed by atoms with Crippen molar-refractivity contribution in [2.75, 3.05) is 5.73 Å². The highest BCUT2D eigenvalue weighted by Crippen LogP contribution is 2.52. The van der Waals surface area contributed by atoms with E-state index in [0.717, 1.165) is 11.3 Å². The highest BCUT2D eigenvalue weighted by molar-refractivity contribution is 5.98. The molecule has 5 heteroatoms. The van der Waals surface area contributed by atoms with Gasteiger partial charge in [0.1, 0.15) is 0 Å². The molecule has 0 fully saturated rings. The van der Waals surface area contributed by atoms with E-state index in [1.807, 2.05) is 12.1 Å². The van der Waals surface area contributed by atoms with Gasteiger partial charge in [-0.05, 0) is 97.6 Å². The highest BCUT2D eigenvalue weighted by Gasteiger charge is 2.37. The number of carbonyl (C=O) groups is 1. The third kappa shape index (κ3) is 4.10. The van der Waals surface area contributed by atoms with E-state index >= 15 is 0 Å². The van der Waals surface area contributed by atoms with E-state index in [2.05, 4.69) is 88.4 Å².